The van der Waals surface area contributed by atoms with Crippen LogP contribution in [0.3, 0.4) is 0 Å². The van der Waals surface area contributed by atoms with Gasteiger partial charge in [-0.3, -0.25) is 4.79 Å². The molecule has 2 N–H and O–H groups in total. The van der Waals surface area contributed by atoms with Crippen molar-refractivity contribution in [2.24, 2.45) is 5.92 Å². The first-order valence-corrected chi connectivity index (χ1v) is 7.39. The van der Waals surface area contributed by atoms with Crippen molar-refractivity contribution in [3.63, 3.8) is 0 Å². The molecule has 1 amide bonds. The van der Waals surface area contributed by atoms with Crippen LogP contribution in [0.2, 0.25) is 0 Å². The highest BCUT2D eigenvalue weighted by molar-refractivity contribution is 6.00. The van der Waals surface area contributed by atoms with E-state index >= 15 is 0 Å². The smallest absolute Gasteiger partial charge is 0.255 e. The fourth-order valence-electron chi connectivity index (χ4n) is 2.83. The Balaban J connectivity index is 2.02. The van der Waals surface area contributed by atoms with Gasteiger partial charge in [0.15, 0.2) is 0 Å². The van der Waals surface area contributed by atoms with Crippen LogP contribution in [0, 0.1) is 5.92 Å². The summed E-state index contributed by atoms with van der Waals surface area (Å²) in [5.74, 6) is 1.08. The van der Waals surface area contributed by atoms with E-state index in [1.807, 2.05) is 7.05 Å². The zero-order valence-electron chi connectivity index (χ0n) is 13.1. The van der Waals surface area contributed by atoms with Crippen molar-refractivity contribution in [3.8, 4) is 5.75 Å². The number of methoxy groups -OCH3 is 1. The maximum Gasteiger partial charge on any atom is 0.255 e. The number of nitrogens with zero attached hydrogens (tertiary/aromatic N) is 2. The monoisotopic (exact) mass is 291 g/mol. The molecule has 1 aromatic rings. The molecule has 0 aromatic heterocycles. The Labute approximate surface area is 126 Å². The summed E-state index contributed by atoms with van der Waals surface area (Å²) in [6.45, 7) is 2.99. The van der Waals surface area contributed by atoms with Gasteiger partial charge in [-0.1, -0.05) is 6.07 Å². The molecule has 0 spiro atoms. The third kappa shape index (κ3) is 3.67. The Kier molecular flexibility index (Phi) is 5.07. The number of carbonyl (C=O) groups is 1. The average Bonchev–Trinajstić information content (AvgIpc) is 2.49. The summed E-state index contributed by atoms with van der Waals surface area (Å²) in [7, 11) is 5.55. The molecule has 0 saturated carbocycles. The average molecular weight is 291 g/mol. The number of hydrogen-bond acceptors (Lipinski definition) is 4. The summed E-state index contributed by atoms with van der Waals surface area (Å²) in [6.07, 6.45) is 2.28. The number of rotatable bonds is 4. The molecule has 0 radical (unpaired) electrons. The predicted octanol–water partition coefficient (Wildman–Crippen LogP) is 1.69. The van der Waals surface area contributed by atoms with Crippen LogP contribution >= 0.6 is 0 Å². The van der Waals surface area contributed by atoms with Crippen molar-refractivity contribution >= 4 is 11.6 Å². The molecule has 5 heteroatoms. The van der Waals surface area contributed by atoms with Gasteiger partial charge in [0.1, 0.15) is 5.75 Å². The van der Waals surface area contributed by atoms with Gasteiger partial charge >= 0.3 is 0 Å². The molecule has 1 heterocycles. The van der Waals surface area contributed by atoms with Crippen LogP contribution in [0.25, 0.3) is 0 Å². The Hall–Kier alpha value is -1.75. The number of ether oxygens (including phenoxy) is 1. The van der Waals surface area contributed by atoms with Crippen molar-refractivity contribution in [2.75, 3.05) is 46.6 Å². The molecule has 21 heavy (non-hydrogen) atoms. The second kappa shape index (κ2) is 6.80. The molecule has 0 atom stereocenters. The topological polar surface area (TPSA) is 58.8 Å². The van der Waals surface area contributed by atoms with Gasteiger partial charge in [0.2, 0.25) is 0 Å². The normalized spacial score (nSPS) is 16.7. The lowest BCUT2D eigenvalue weighted by Gasteiger charge is -2.31. The van der Waals surface area contributed by atoms with E-state index in [2.05, 4.69) is 11.9 Å². The molecule has 0 unspecified atom stereocenters. The van der Waals surface area contributed by atoms with Crippen LogP contribution in [0.4, 0.5) is 5.69 Å². The number of nitrogens with two attached hydrogens (primary N) is 1. The lowest BCUT2D eigenvalue weighted by molar-refractivity contribution is 0.0748. The fraction of sp³-hybridized carbons (Fsp3) is 0.562. The van der Waals surface area contributed by atoms with E-state index in [1.165, 1.54) is 0 Å². The largest absolute Gasteiger partial charge is 0.495 e. The third-order valence-electron chi connectivity index (χ3n) is 4.23. The number of piperidine rings is 1. The molecule has 1 aliphatic heterocycles. The van der Waals surface area contributed by atoms with Crippen LogP contribution in [-0.2, 0) is 0 Å². The Morgan fingerprint density at radius 2 is 2.10 bits per heavy atom. The fourth-order valence-corrected chi connectivity index (χ4v) is 2.83. The highest BCUT2D eigenvalue weighted by atomic mass is 16.5. The molecule has 1 aliphatic rings. The maximum atomic E-state index is 12.6. The zero-order valence-corrected chi connectivity index (χ0v) is 13.1. The SMILES string of the molecule is COc1cccc(C(=O)N(C)CC2CCN(C)CC2)c1N. The van der Waals surface area contributed by atoms with Gasteiger partial charge in [0, 0.05) is 13.6 Å². The molecule has 116 valence electrons. The summed E-state index contributed by atoms with van der Waals surface area (Å²) in [4.78, 5) is 16.7. The molecule has 1 aromatic carbocycles. The Morgan fingerprint density at radius 3 is 2.71 bits per heavy atom. The second-order valence-corrected chi connectivity index (χ2v) is 5.85. The number of hydrogen-bond donors (Lipinski definition) is 1. The minimum absolute atomic E-state index is 0.0367. The van der Waals surface area contributed by atoms with Gasteiger partial charge in [0.25, 0.3) is 5.91 Å². The van der Waals surface area contributed by atoms with Crippen LogP contribution < -0.4 is 10.5 Å². The summed E-state index contributed by atoms with van der Waals surface area (Å²) in [6, 6.07) is 5.32. The van der Waals surface area contributed by atoms with Gasteiger partial charge < -0.3 is 20.3 Å². The molecular formula is C16H25N3O2. The summed E-state index contributed by atoms with van der Waals surface area (Å²) < 4.78 is 5.18. The van der Waals surface area contributed by atoms with Crippen molar-refractivity contribution in [1.29, 1.82) is 0 Å². The first kappa shape index (κ1) is 15.6. The lowest BCUT2D eigenvalue weighted by Crippen LogP contribution is -2.38. The Bertz CT molecular complexity index is 496. The molecular weight excluding hydrogens is 266 g/mol. The van der Waals surface area contributed by atoms with E-state index < -0.39 is 0 Å². The molecule has 1 saturated heterocycles. The number of benzene rings is 1. The Morgan fingerprint density at radius 1 is 1.43 bits per heavy atom. The number of anilines is 1. The molecule has 2 rings (SSSR count). The van der Waals surface area contributed by atoms with E-state index in [4.69, 9.17) is 10.5 Å². The van der Waals surface area contributed by atoms with E-state index in [9.17, 15) is 4.79 Å². The third-order valence-corrected chi connectivity index (χ3v) is 4.23. The standard InChI is InChI=1S/C16H25N3O2/c1-18-9-7-12(8-10-18)11-19(2)16(20)13-5-4-6-14(21-3)15(13)17/h4-6,12H,7-11,17H2,1-3H3. The van der Waals surface area contributed by atoms with Crippen LogP contribution in [0.5, 0.6) is 5.75 Å². The van der Waals surface area contributed by atoms with Gasteiger partial charge in [0.05, 0.1) is 18.4 Å². The van der Waals surface area contributed by atoms with E-state index in [0.717, 1.165) is 32.5 Å². The summed E-state index contributed by atoms with van der Waals surface area (Å²) in [5, 5.41) is 0. The minimum Gasteiger partial charge on any atom is -0.495 e. The van der Waals surface area contributed by atoms with E-state index in [0.29, 0.717) is 22.9 Å². The highest BCUT2D eigenvalue weighted by Gasteiger charge is 2.22. The van der Waals surface area contributed by atoms with Crippen molar-refractivity contribution in [3.05, 3.63) is 23.8 Å². The van der Waals surface area contributed by atoms with E-state index in [1.54, 1.807) is 30.2 Å². The lowest BCUT2D eigenvalue weighted by atomic mass is 9.96. The number of carbonyl (C=O) groups excluding carboxylic acids is 1. The van der Waals surface area contributed by atoms with Gasteiger partial charge in [-0.2, -0.15) is 0 Å². The zero-order chi connectivity index (χ0) is 15.4. The predicted molar refractivity (Wildman–Crippen MR) is 84.6 cm³/mol. The van der Waals surface area contributed by atoms with Crippen molar-refractivity contribution in [1.82, 2.24) is 9.80 Å². The second-order valence-electron chi connectivity index (χ2n) is 5.85. The number of nitrogen functional groups attached to an aromatic ring is 1. The quantitative estimate of drug-likeness (QED) is 0.858. The first-order valence-electron chi connectivity index (χ1n) is 7.39. The van der Waals surface area contributed by atoms with Crippen LogP contribution in [0.1, 0.15) is 23.2 Å². The number of para-hydroxylation sites is 1. The number of amides is 1. The van der Waals surface area contributed by atoms with Gasteiger partial charge in [-0.05, 0) is 51.0 Å². The minimum atomic E-state index is -0.0367. The summed E-state index contributed by atoms with van der Waals surface area (Å²) >= 11 is 0. The van der Waals surface area contributed by atoms with E-state index in [-0.39, 0.29) is 5.91 Å². The van der Waals surface area contributed by atoms with Crippen molar-refractivity contribution < 1.29 is 9.53 Å². The van der Waals surface area contributed by atoms with Crippen LogP contribution in [0.15, 0.2) is 18.2 Å². The first-order chi connectivity index (χ1) is 10.0. The maximum absolute atomic E-state index is 12.6. The van der Waals surface area contributed by atoms with Crippen LogP contribution in [-0.4, -0.2) is 56.5 Å². The summed E-state index contributed by atoms with van der Waals surface area (Å²) in [5.41, 5.74) is 6.94. The molecule has 1 fully saturated rings. The molecule has 5 nitrogen and oxygen atoms in total. The van der Waals surface area contributed by atoms with Gasteiger partial charge in [-0.25, -0.2) is 0 Å². The highest BCUT2D eigenvalue weighted by Crippen LogP contribution is 2.26. The molecule has 0 aliphatic carbocycles. The van der Waals surface area contributed by atoms with Gasteiger partial charge in [-0.15, -0.1) is 0 Å². The molecule has 0 bridgehead atoms. The van der Waals surface area contributed by atoms with Crippen molar-refractivity contribution in [2.45, 2.75) is 12.8 Å². The number of likely N-dealkylation sites (tertiary alicyclic amines) is 1.